The third-order valence-electron chi connectivity index (χ3n) is 6.30. The van der Waals surface area contributed by atoms with Crippen molar-refractivity contribution in [3.05, 3.63) is 107 Å². The average Bonchev–Trinajstić information content (AvgIpc) is 3.25. The molecular formula is C30H26N4O2. The van der Waals surface area contributed by atoms with Gasteiger partial charge in [0.1, 0.15) is 0 Å². The molecule has 0 fully saturated rings. The quantitative estimate of drug-likeness (QED) is 0.296. The van der Waals surface area contributed by atoms with Crippen molar-refractivity contribution in [1.29, 1.82) is 0 Å². The first-order valence-corrected chi connectivity index (χ1v) is 11.8. The lowest BCUT2D eigenvalue weighted by Gasteiger charge is -2.12. The number of hydrogen-bond donors (Lipinski definition) is 1. The topological polar surface area (TPSA) is 76.9 Å². The number of anilines is 1. The third-order valence-corrected chi connectivity index (χ3v) is 6.30. The second-order valence-electron chi connectivity index (χ2n) is 9.06. The second kappa shape index (κ2) is 9.23. The molecule has 0 saturated carbocycles. The van der Waals surface area contributed by atoms with Gasteiger partial charge in [-0.05, 0) is 70.2 Å². The molecule has 0 aliphatic carbocycles. The molecule has 2 heterocycles. The number of Topliss-reactive ketones (excluding diaryl/α,β-unsaturated/α-hetero) is 1. The van der Waals surface area contributed by atoms with E-state index < -0.39 is 0 Å². The van der Waals surface area contributed by atoms with Gasteiger partial charge >= 0.3 is 0 Å². The zero-order valence-electron chi connectivity index (χ0n) is 20.7. The summed E-state index contributed by atoms with van der Waals surface area (Å²) in [6, 6.07) is 22.8. The molecule has 0 aliphatic rings. The first-order valence-electron chi connectivity index (χ1n) is 11.8. The predicted octanol–water partition coefficient (Wildman–Crippen LogP) is 6.47. The van der Waals surface area contributed by atoms with Gasteiger partial charge in [0, 0.05) is 22.2 Å². The highest BCUT2D eigenvalue weighted by Crippen LogP contribution is 2.29. The van der Waals surface area contributed by atoms with Crippen molar-refractivity contribution >= 4 is 28.3 Å². The molecule has 5 rings (SSSR count). The summed E-state index contributed by atoms with van der Waals surface area (Å²) in [4.78, 5) is 30.2. The van der Waals surface area contributed by atoms with Crippen LogP contribution in [-0.2, 0) is 0 Å². The molecular weight excluding hydrogens is 448 g/mol. The number of carbonyl (C=O) groups excluding carboxylic acids is 2. The van der Waals surface area contributed by atoms with Crippen LogP contribution in [0.4, 0.5) is 5.69 Å². The van der Waals surface area contributed by atoms with Crippen LogP contribution in [0.25, 0.3) is 27.8 Å². The highest BCUT2D eigenvalue weighted by molar-refractivity contribution is 6.13. The highest BCUT2D eigenvalue weighted by atomic mass is 16.1. The Morgan fingerprint density at radius 2 is 1.61 bits per heavy atom. The van der Waals surface area contributed by atoms with Gasteiger partial charge in [0.15, 0.2) is 5.78 Å². The van der Waals surface area contributed by atoms with Crippen molar-refractivity contribution < 1.29 is 9.59 Å². The zero-order chi connectivity index (χ0) is 25.4. The number of aryl methyl sites for hydroxylation is 2. The van der Waals surface area contributed by atoms with Gasteiger partial charge in [0.05, 0.1) is 34.4 Å². The minimum Gasteiger partial charge on any atom is -0.322 e. The van der Waals surface area contributed by atoms with Crippen molar-refractivity contribution in [2.45, 2.75) is 27.7 Å². The number of nitrogens with one attached hydrogen (secondary N) is 1. The monoisotopic (exact) mass is 474 g/mol. The van der Waals surface area contributed by atoms with E-state index in [1.54, 1.807) is 30.5 Å². The van der Waals surface area contributed by atoms with E-state index in [9.17, 15) is 9.59 Å². The minimum absolute atomic E-state index is 0.0561. The van der Waals surface area contributed by atoms with Crippen LogP contribution in [0.15, 0.2) is 79.0 Å². The number of aromatic nitrogens is 3. The summed E-state index contributed by atoms with van der Waals surface area (Å²) in [5.74, 6) is -0.321. The van der Waals surface area contributed by atoms with Gasteiger partial charge < -0.3 is 5.32 Å². The SMILES string of the molecule is CC(=O)c1cccc(NC(=O)c2cc(-c3cnn(-c4ccc(C)cc4)c3C)nc3ccc(C)cc23)c1. The Bertz CT molecular complexity index is 1630. The van der Waals surface area contributed by atoms with E-state index in [4.69, 9.17) is 4.98 Å². The Hall–Kier alpha value is -4.58. The van der Waals surface area contributed by atoms with Crippen LogP contribution >= 0.6 is 0 Å². The normalized spacial score (nSPS) is 11.0. The van der Waals surface area contributed by atoms with Crippen molar-refractivity contribution in [2.75, 3.05) is 5.32 Å². The van der Waals surface area contributed by atoms with Gasteiger partial charge in [-0.3, -0.25) is 9.59 Å². The van der Waals surface area contributed by atoms with Gasteiger partial charge in [-0.15, -0.1) is 0 Å². The van der Waals surface area contributed by atoms with Crippen molar-refractivity contribution in [3.8, 4) is 16.9 Å². The summed E-state index contributed by atoms with van der Waals surface area (Å²) in [6.45, 7) is 7.54. The van der Waals surface area contributed by atoms with E-state index in [1.807, 2.05) is 54.9 Å². The Morgan fingerprint density at radius 1 is 0.861 bits per heavy atom. The maximum Gasteiger partial charge on any atom is 0.256 e. The summed E-state index contributed by atoms with van der Waals surface area (Å²) in [7, 11) is 0. The number of pyridine rings is 1. The summed E-state index contributed by atoms with van der Waals surface area (Å²) >= 11 is 0. The molecule has 0 atom stereocenters. The second-order valence-corrected chi connectivity index (χ2v) is 9.06. The fourth-order valence-corrected chi connectivity index (χ4v) is 4.29. The molecule has 1 N–H and O–H groups in total. The molecule has 0 unspecified atom stereocenters. The molecule has 6 nitrogen and oxygen atoms in total. The number of benzene rings is 3. The van der Waals surface area contributed by atoms with Crippen molar-refractivity contribution in [1.82, 2.24) is 14.8 Å². The van der Waals surface area contributed by atoms with E-state index in [-0.39, 0.29) is 11.7 Å². The number of fused-ring (bicyclic) bond motifs is 1. The molecule has 0 saturated heterocycles. The first-order chi connectivity index (χ1) is 17.3. The summed E-state index contributed by atoms with van der Waals surface area (Å²) in [6.07, 6.45) is 1.79. The lowest BCUT2D eigenvalue weighted by Crippen LogP contribution is -2.13. The number of nitrogens with zero attached hydrogens (tertiary/aromatic N) is 3. The number of hydrogen-bond acceptors (Lipinski definition) is 4. The van der Waals surface area contributed by atoms with E-state index in [1.165, 1.54) is 12.5 Å². The van der Waals surface area contributed by atoms with E-state index >= 15 is 0 Å². The summed E-state index contributed by atoms with van der Waals surface area (Å²) < 4.78 is 1.88. The van der Waals surface area contributed by atoms with Crippen LogP contribution in [0.2, 0.25) is 0 Å². The van der Waals surface area contributed by atoms with E-state index in [0.29, 0.717) is 22.5 Å². The molecule has 36 heavy (non-hydrogen) atoms. The van der Waals surface area contributed by atoms with Crippen LogP contribution in [0, 0.1) is 20.8 Å². The van der Waals surface area contributed by atoms with Gasteiger partial charge in [-0.25, -0.2) is 9.67 Å². The van der Waals surface area contributed by atoms with Gasteiger partial charge in [-0.2, -0.15) is 5.10 Å². The highest BCUT2D eigenvalue weighted by Gasteiger charge is 2.18. The molecule has 0 aliphatic heterocycles. The fraction of sp³-hybridized carbons (Fsp3) is 0.133. The van der Waals surface area contributed by atoms with Crippen LogP contribution in [0.5, 0.6) is 0 Å². The Balaban J connectivity index is 1.59. The standard InChI is InChI=1S/C30H26N4O2/c1-18-8-11-24(12-9-18)34-20(3)27(17-31-34)29-16-26(25-14-19(2)10-13-28(25)33-29)30(36)32-23-7-5-6-22(15-23)21(4)35/h5-17H,1-4H3,(H,32,36). The maximum atomic E-state index is 13.5. The lowest BCUT2D eigenvalue weighted by molar-refractivity contribution is 0.101. The molecule has 0 radical (unpaired) electrons. The number of ketones is 1. The molecule has 6 heteroatoms. The molecule has 1 amide bonds. The van der Waals surface area contributed by atoms with E-state index in [2.05, 4.69) is 29.5 Å². The molecule has 5 aromatic rings. The van der Waals surface area contributed by atoms with Crippen LogP contribution < -0.4 is 5.32 Å². The van der Waals surface area contributed by atoms with Gasteiger partial charge in [0.2, 0.25) is 0 Å². The van der Waals surface area contributed by atoms with Crippen molar-refractivity contribution in [2.24, 2.45) is 0 Å². The molecule has 3 aromatic carbocycles. The van der Waals surface area contributed by atoms with E-state index in [0.717, 1.165) is 33.4 Å². The Kier molecular flexibility index (Phi) is 5.94. The predicted molar refractivity (Wildman–Crippen MR) is 143 cm³/mol. The lowest BCUT2D eigenvalue weighted by atomic mass is 10.0. The van der Waals surface area contributed by atoms with Crippen molar-refractivity contribution in [3.63, 3.8) is 0 Å². The summed E-state index contributed by atoms with van der Waals surface area (Å²) in [5.41, 5.74) is 7.97. The first kappa shape index (κ1) is 23.2. The van der Waals surface area contributed by atoms with Gasteiger partial charge in [-0.1, -0.05) is 41.5 Å². The molecule has 178 valence electrons. The smallest absolute Gasteiger partial charge is 0.256 e. The van der Waals surface area contributed by atoms with Crippen LogP contribution in [-0.4, -0.2) is 26.5 Å². The number of rotatable bonds is 5. The fourth-order valence-electron chi connectivity index (χ4n) is 4.29. The maximum absolute atomic E-state index is 13.5. The molecule has 0 spiro atoms. The molecule has 0 bridgehead atoms. The average molecular weight is 475 g/mol. The molecule has 2 aromatic heterocycles. The minimum atomic E-state index is -0.265. The zero-order valence-corrected chi connectivity index (χ0v) is 20.7. The number of carbonyl (C=O) groups is 2. The Morgan fingerprint density at radius 3 is 2.36 bits per heavy atom. The summed E-state index contributed by atoms with van der Waals surface area (Å²) in [5, 5.41) is 8.32. The van der Waals surface area contributed by atoms with Crippen LogP contribution in [0.1, 0.15) is 44.5 Å². The van der Waals surface area contributed by atoms with Crippen LogP contribution in [0.3, 0.4) is 0 Å². The largest absolute Gasteiger partial charge is 0.322 e. The Labute approximate surface area is 209 Å². The van der Waals surface area contributed by atoms with Gasteiger partial charge in [0.25, 0.3) is 5.91 Å². The number of amides is 1. The third kappa shape index (κ3) is 4.41.